The van der Waals surface area contributed by atoms with Gasteiger partial charge in [0.2, 0.25) is 0 Å². The van der Waals surface area contributed by atoms with Gasteiger partial charge in [0.05, 0.1) is 13.2 Å². The highest BCUT2D eigenvalue weighted by Gasteiger charge is 2.38. The fraction of sp³-hybridized carbons (Fsp3) is 1.00. The highest BCUT2D eigenvalue weighted by molar-refractivity contribution is 4.86. The van der Waals surface area contributed by atoms with Gasteiger partial charge in [0.25, 0.3) is 0 Å². The molecule has 0 bridgehead atoms. The van der Waals surface area contributed by atoms with Gasteiger partial charge in [0.1, 0.15) is 0 Å². The second kappa shape index (κ2) is 8.16. The molecule has 2 heteroatoms. The summed E-state index contributed by atoms with van der Waals surface area (Å²) in [6.45, 7) is 15.5. The Morgan fingerprint density at radius 1 is 0.778 bits per heavy atom. The molecule has 0 aromatic heterocycles. The molecule has 0 aromatic rings. The fourth-order valence-corrected chi connectivity index (χ4v) is 3.01. The summed E-state index contributed by atoms with van der Waals surface area (Å²) in [6.07, 6.45) is 1.18. The Hall–Kier alpha value is -0.0800. The maximum atomic E-state index is 5.50. The number of hydrogen-bond donors (Lipinski definition) is 0. The van der Waals surface area contributed by atoms with Gasteiger partial charge < -0.3 is 9.47 Å². The van der Waals surface area contributed by atoms with Crippen molar-refractivity contribution in [3.05, 3.63) is 0 Å². The zero-order chi connectivity index (χ0) is 14.3. The Kier molecular flexibility index (Phi) is 8.13. The van der Waals surface area contributed by atoms with Gasteiger partial charge in [-0.05, 0) is 30.1 Å². The van der Waals surface area contributed by atoms with Crippen LogP contribution >= 0.6 is 0 Å². The normalized spacial score (nSPS) is 13.3. The topological polar surface area (TPSA) is 18.5 Å². The number of hydrogen-bond acceptors (Lipinski definition) is 2. The lowest BCUT2D eigenvalue weighted by atomic mass is 9.67. The van der Waals surface area contributed by atoms with Crippen LogP contribution in [0.1, 0.15) is 48.0 Å². The van der Waals surface area contributed by atoms with Crippen LogP contribution in [0, 0.1) is 29.1 Å². The third kappa shape index (κ3) is 4.89. The monoisotopic (exact) mass is 258 g/mol. The SMILES string of the molecule is COCC(COC)(CC(C(C)C)C(C)C)C(C)C. The molecular weight excluding hydrogens is 224 g/mol. The van der Waals surface area contributed by atoms with Crippen LogP contribution in [0.15, 0.2) is 0 Å². The predicted molar refractivity (Wildman–Crippen MR) is 78.8 cm³/mol. The molecule has 0 rings (SSSR count). The molecule has 2 nitrogen and oxygen atoms in total. The van der Waals surface area contributed by atoms with Gasteiger partial charge in [-0.15, -0.1) is 0 Å². The average Bonchev–Trinajstić information content (AvgIpc) is 2.24. The lowest BCUT2D eigenvalue weighted by molar-refractivity contribution is -0.0450. The summed E-state index contributed by atoms with van der Waals surface area (Å²) in [5.74, 6) is 2.70. The number of methoxy groups -OCH3 is 2. The molecule has 0 amide bonds. The summed E-state index contributed by atoms with van der Waals surface area (Å²) < 4.78 is 11.0. The van der Waals surface area contributed by atoms with Crippen molar-refractivity contribution in [2.75, 3.05) is 27.4 Å². The standard InChI is InChI=1S/C16H34O2/c1-12(2)15(13(3)4)9-16(10-17-7,11-18-8)14(5)6/h12-15H,9-11H2,1-8H3. The van der Waals surface area contributed by atoms with E-state index in [4.69, 9.17) is 9.47 Å². The molecule has 110 valence electrons. The van der Waals surface area contributed by atoms with Crippen molar-refractivity contribution in [3.8, 4) is 0 Å². The van der Waals surface area contributed by atoms with Crippen molar-refractivity contribution in [1.29, 1.82) is 0 Å². The molecule has 0 aromatic carbocycles. The maximum Gasteiger partial charge on any atom is 0.0543 e. The van der Waals surface area contributed by atoms with Crippen LogP contribution in [-0.4, -0.2) is 27.4 Å². The van der Waals surface area contributed by atoms with Crippen LogP contribution < -0.4 is 0 Å². The van der Waals surface area contributed by atoms with Crippen LogP contribution in [0.2, 0.25) is 0 Å². The van der Waals surface area contributed by atoms with E-state index in [1.54, 1.807) is 14.2 Å². The van der Waals surface area contributed by atoms with Crippen molar-refractivity contribution < 1.29 is 9.47 Å². The van der Waals surface area contributed by atoms with Crippen LogP contribution in [0.3, 0.4) is 0 Å². The minimum atomic E-state index is 0.142. The molecule has 0 fully saturated rings. The van der Waals surface area contributed by atoms with E-state index in [9.17, 15) is 0 Å². The maximum absolute atomic E-state index is 5.50. The summed E-state index contributed by atoms with van der Waals surface area (Å²) in [6, 6.07) is 0. The average molecular weight is 258 g/mol. The molecular formula is C16H34O2. The van der Waals surface area contributed by atoms with Gasteiger partial charge >= 0.3 is 0 Å². The second-order valence-electron chi connectivity index (χ2n) is 6.74. The summed E-state index contributed by atoms with van der Waals surface area (Å²) >= 11 is 0. The smallest absolute Gasteiger partial charge is 0.0543 e. The molecule has 0 aliphatic heterocycles. The first-order valence-corrected chi connectivity index (χ1v) is 7.28. The van der Waals surface area contributed by atoms with E-state index in [1.165, 1.54) is 6.42 Å². The van der Waals surface area contributed by atoms with Crippen molar-refractivity contribution in [2.45, 2.75) is 48.0 Å². The Balaban J connectivity index is 5.04. The van der Waals surface area contributed by atoms with Gasteiger partial charge in [0.15, 0.2) is 0 Å². The second-order valence-corrected chi connectivity index (χ2v) is 6.74. The first-order chi connectivity index (χ1) is 8.30. The Morgan fingerprint density at radius 2 is 1.17 bits per heavy atom. The molecule has 18 heavy (non-hydrogen) atoms. The summed E-state index contributed by atoms with van der Waals surface area (Å²) in [5, 5.41) is 0. The third-order valence-electron chi connectivity index (χ3n) is 4.44. The molecule has 0 spiro atoms. The third-order valence-corrected chi connectivity index (χ3v) is 4.44. The Labute approximate surface area is 114 Å². The van der Waals surface area contributed by atoms with E-state index >= 15 is 0 Å². The van der Waals surface area contributed by atoms with E-state index in [1.807, 2.05) is 0 Å². The molecule has 0 aliphatic carbocycles. The molecule has 0 heterocycles. The van der Waals surface area contributed by atoms with E-state index in [0.29, 0.717) is 17.8 Å². The summed E-state index contributed by atoms with van der Waals surface area (Å²) in [4.78, 5) is 0. The van der Waals surface area contributed by atoms with Crippen molar-refractivity contribution >= 4 is 0 Å². The number of rotatable bonds is 9. The Morgan fingerprint density at radius 3 is 1.39 bits per heavy atom. The zero-order valence-corrected chi connectivity index (χ0v) is 13.7. The molecule has 0 aliphatic rings. The molecule has 0 saturated carbocycles. The minimum absolute atomic E-state index is 0.142. The highest BCUT2D eigenvalue weighted by atomic mass is 16.5. The lowest BCUT2D eigenvalue weighted by Crippen LogP contribution is -2.40. The van der Waals surface area contributed by atoms with Gasteiger partial charge in [-0.1, -0.05) is 41.5 Å². The van der Waals surface area contributed by atoms with Gasteiger partial charge in [0, 0.05) is 19.6 Å². The van der Waals surface area contributed by atoms with Crippen LogP contribution in [0.4, 0.5) is 0 Å². The van der Waals surface area contributed by atoms with Crippen molar-refractivity contribution in [2.24, 2.45) is 29.1 Å². The van der Waals surface area contributed by atoms with E-state index in [0.717, 1.165) is 19.1 Å². The van der Waals surface area contributed by atoms with Crippen LogP contribution in [-0.2, 0) is 9.47 Å². The minimum Gasteiger partial charge on any atom is -0.384 e. The summed E-state index contributed by atoms with van der Waals surface area (Å²) in [5.41, 5.74) is 0.142. The van der Waals surface area contributed by atoms with Gasteiger partial charge in [-0.3, -0.25) is 0 Å². The largest absolute Gasteiger partial charge is 0.384 e. The molecule has 0 N–H and O–H groups in total. The lowest BCUT2D eigenvalue weighted by Gasteiger charge is -2.41. The zero-order valence-electron chi connectivity index (χ0n) is 13.7. The number of ether oxygens (including phenoxy) is 2. The summed E-state index contributed by atoms with van der Waals surface area (Å²) in [7, 11) is 3.60. The quantitative estimate of drug-likeness (QED) is 0.616. The molecule has 0 radical (unpaired) electrons. The van der Waals surface area contributed by atoms with Crippen LogP contribution in [0.25, 0.3) is 0 Å². The van der Waals surface area contributed by atoms with Crippen molar-refractivity contribution in [3.63, 3.8) is 0 Å². The van der Waals surface area contributed by atoms with Gasteiger partial charge in [-0.2, -0.15) is 0 Å². The van der Waals surface area contributed by atoms with E-state index in [2.05, 4.69) is 41.5 Å². The van der Waals surface area contributed by atoms with Crippen LogP contribution in [0.5, 0.6) is 0 Å². The van der Waals surface area contributed by atoms with E-state index in [-0.39, 0.29) is 5.41 Å². The Bertz CT molecular complexity index is 195. The first kappa shape index (κ1) is 17.9. The molecule has 0 unspecified atom stereocenters. The molecule has 0 saturated heterocycles. The predicted octanol–water partition coefficient (Wildman–Crippen LogP) is 4.24. The van der Waals surface area contributed by atoms with Gasteiger partial charge in [-0.25, -0.2) is 0 Å². The van der Waals surface area contributed by atoms with E-state index < -0.39 is 0 Å². The molecule has 0 atom stereocenters. The first-order valence-electron chi connectivity index (χ1n) is 7.28. The fourth-order valence-electron chi connectivity index (χ4n) is 3.01. The highest BCUT2D eigenvalue weighted by Crippen LogP contribution is 2.40. The van der Waals surface area contributed by atoms with Crippen molar-refractivity contribution in [1.82, 2.24) is 0 Å².